The van der Waals surface area contributed by atoms with E-state index in [0.29, 0.717) is 23.5 Å². The number of hydrogen-bond donors (Lipinski definition) is 2. The second kappa shape index (κ2) is 5.83. The largest absolute Gasteiger partial charge is 0.508 e. The number of carbonyl (C=O) groups is 1. The summed E-state index contributed by atoms with van der Waals surface area (Å²) in [6.45, 7) is 3.68. The third-order valence-corrected chi connectivity index (χ3v) is 3.21. The van der Waals surface area contributed by atoms with Crippen molar-refractivity contribution in [2.75, 3.05) is 17.2 Å². The molecule has 0 bridgehead atoms. The quantitative estimate of drug-likeness (QED) is 0.853. The van der Waals surface area contributed by atoms with E-state index < -0.39 is 11.7 Å². The zero-order chi connectivity index (χ0) is 15.6. The van der Waals surface area contributed by atoms with E-state index in [1.54, 1.807) is 26.0 Å². The monoisotopic (exact) mass is 288 g/mol. The Kier molecular flexibility index (Phi) is 4.12. The van der Waals surface area contributed by atoms with Gasteiger partial charge in [-0.15, -0.1) is 0 Å². The summed E-state index contributed by atoms with van der Waals surface area (Å²) in [6.07, 6.45) is 0. The van der Waals surface area contributed by atoms with E-state index >= 15 is 0 Å². The van der Waals surface area contributed by atoms with Gasteiger partial charge in [-0.1, -0.05) is 6.07 Å². The fraction of sp³-hybridized carbons (Fsp3) is 0.188. The fourth-order valence-electron chi connectivity index (χ4n) is 2.20. The summed E-state index contributed by atoms with van der Waals surface area (Å²) in [6, 6.07) is 9.08. The summed E-state index contributed by atoms with van der Waals surface area (Å²) in [4.78, 5) is 13.9. The number of phenols is 1. The molecule has 0 heterocycles. The van der Waals surface area contributed by atoms with E-state index in [2.05, 4.69) is 0 Å². The predicted octanol–water partition coefficient (Wildman–Crippen LogP) is 3.09. The highest BCUT2D eigenvalue weighted by molar-refractivity contribution is 6.07. The number of nitrogens with zero attached hydrogens (tertiary/aromatic N) is 1. The van der Waals surface area contributed by atoms with Crippen LogP contribution in [0.3, 0.4) is 0 Å². The molecule has 0 aliphatic heterocycles. The molecule has 0 aromatic heterocycles. The van der Waals surface area contributed by atoms with Gasteiger partial charge in [0.15, 0.2) is 0 Å². The minimum absolute atomic E-state index is 0.0444. The van der Waals surface area contributed by atoms with Crippen molar-refractivity contribution in [3.63, 3.8) is 0 Å². The van der Waals surface area contributed by atoms with Gasteiger partial charge in [-0.2, -0.15) is 0 Å². The Bertz CT molecular complexity index is 686. The zero-order valence-electron chi connectivity index (χ0n) is 11.9. The molecule has 0 aliphatic carbocycles. The van der Waals surface area contributed by atoms with Gasteiger partial charge in [0.2, 0.25) is 0 Å². The van der Waals surface area contributed by atoms with Gasteiger partial charge in [-0.25, -0.2) is 4.39 Å². The molecule has 0 saturated heterocycles. The average molecular weight is 288 g/mol. The number of carbonyl (C=O) groups excluding carboxylic acids is 1. The number of benzene rings is 2. The van der Waals surface area contributed by atoms with Crippen molar-refractivity contribution in [2.24, 2.45) is 0 Å². The number of halogens is 1. The normalized spacial score (nSPS) is 10.4. The lowest BCUT2D eigenvalue weighted by Crippen LogP contribution is -2.31. The van der Waals surface area contributed by atoms with Crippen LogP contribution in [0.5, 0.6) is 5.75 Å². The van der Waals surface area contributed by atoms with Crippen LogP contribution in [0.2, 0.25) is 0 Å². The van der Waals surface area contributed by atoms with Gasteiger partial charge < -0.3 is 15.7 Å². The fourth-order valence-corrected chi connectivity index (χ4v) is 2.20. The summed E-state index contributed by atoms with van der Waals surface area (Å²) in [5, 5.41) is 9.52. The standard InChI is InChI=1S/C16H17FN2O2/c1-3-19(12-5-4-6-13(20)9-12)16(21)14-8-11(18)7-10(2)15(14)17/h4-9,20H,3,18H2,1-2H3. The van der Waals surface area contributed by atoms with E-state index in [-0.39, 0.29) is 11.3 Å². The maximum Gasteiger partial charge on any atom is 0.261 e. The van der Waals surface area contributed by atoms with Crippen LogP contribution in [0, 0.1) is 12.7 Å². The zero-order valence-corrected chi connectivity index (χ0v) is 11.9. The maximum atomic E-state index is 14.2. The van der Waals surface area contributed by atoms with Gasteiger partial charge in [-0.3, -0.25) is 4.79 Å². The molecule has 3 N–H and O–H groups in total. The van der Waals surface area contributed by atoms with Crippen molar-refractivity contribution in [2.45, 2.75) is 13.8 Å². The van der Waals surface area contributed by atoms with E-state index in [4.69, 9.17) is 5.73 Å². The molecule has 0 spiro atoms. The lowest BCUT2D eigenvalue weighted by Gasteiger charge is -2.22. The number of anilines is 2. The van der Waals surface area contributed by atoms with Crippen LogP contribution >= 0.6 is 0 Å². The first-order valence-electron chi connectivity index (χ1n) is 6.60. The lowest BCUT2D eigenvalue weighted by atomic mass is 10.1. The van der Waals surface area contributed by atoms with Crippen LogP contribution in [-0.4, -0.2) is 17.6 Å². The van der Waals surface area contributed by atoms with Crippen molar-refractivity contribution < 1.29 is 14.3 Å². The summed E-state index contributed by atoms with van der Waals surface area (Å²) in [5.41, 5.74) is 6.78. The number of phenolic OH excluding ortho intramolecular Hbond substituents is 1. The first-order valence-corrected chi connectivity index (χ1v) is 6.60. The summed E-state index contributed by atoms with van der Waals surface area (Å²) >= 11 is 0. The van der Waals surface area contributed by atoms with E-state index in [9.17, 15) is 14.3 Å². The van der Waals surface area contributed by atoms with Crippen LogP contribution < -0.4 is 10.6 Å². The highest BCUT2D eigenvalue weighted by atomic mass is 19.1. The minimum atomic E-state index is -0.576. The van der Waals surface area contributed by atoms with Gasteiger partial charge in [0, 0.05) is 24.0 Å². The Labute approximate surface area is 122 Å². The van der Waals surface area contributed by atoms with Gasteiger partial charge in [-0.05, 0) is 43.7 Å². The first kappa shape index (κ1) is 14.8. The molecular weight excluding hydrogens is 271 g/mol. The lowest BCUT2D eigenvalue weighted by molar-refractivity contribution is 0.0984. The third-order valence-electron chi connectivity index (χ3n) is 3.21. The van der Waals surface area contributed by atoms with Crippen LogP contribution in [-0.2, 0) is 0 Å². The summed E-state index contributed by atoms with van der Waals surface area (Å²) < 4.78 is 14.2. The van der Waals surface area contributed by atoms with Gasteiger partial charge in [0.25, 0.3) is 5.91 Å². The van der Waals surface area contributed by atoms with Crippen LogP contribution in [0.4, 0.5) is 15.8 Å². The van der Waals surface area contributed by atoms with Crippen molar-refractivity contribution >= 4 is 17.3 Å². The Morgan fingerprint density at radius 1 is 1.33 bits per heavy atom. The maximum absolute atomic E-state index is 14.2. The highest BCUT2D eigenvalue weighted by Crippen LogP contribution is 2.24. The Morgan fingerprint density at radius 3 is 2.67 bits per heavy atom. The number of amides is 1. The Hall–Kier alpha value is -2.56. The number of aromatic hydroxyl groups is 1. The molecule has 2 aromatic carbocycles. The van der Waals surface area contributed by atoms with Gasteiger partial charge in [0.1, 0.15) is 11.6 Å². The summed E-state index contributed by atoms with van der Waals surface area (Å²) in [5.74, 6) is -1.02. The molecule has 0 fully saturated rings. The molecule has 5 heteroatoms. The van der Waals surface area contributed by atoms with Crippen LogP contribution in [0.15, 0.2) is 36.4 Å². The Morgan fingerprint density at radius 2 is 2.05 bits per heavy atom. The summed E-state index contributed by atoms with van der Waals surface area (Å²) in [7, 11) is 0. The van der Waals surface area contributed by atoms with Crippen molar-refractivity contribution in [3.05, 3.63) is 53.3 Å². The molecule has 0 saturated carbocycles. The molecule has 110 valence electrons. The van der Waals surface area contributed by atoms with Crippen LogP contribution in [0.25, 0.3) is 0 Å². The SMILES string of the molecule is CCN(C(=O)c1cc(N)cc(C)c1F)c1cccc(O)c1. The molecule has 21 heavy (non-hydrogen) atoms. The van der Waals surface area contributed by atoms with Crippen LogP contribution in [0.1, 0.15) is 22.8 Å². The second-order valence-corrected chi connectivity index (χ2v) is 4.77. The molecule has 0 radical (unpaired) electrons. The van der Waals surface area contributed by atoms with Gasteiger partial charge in [0.05, 0.1) is 5.56 Å². The molecular formula is C16H17FN2O2. The third kappa shape index (κ3) is 2.97. The van der Waals surface area contributed by atoms with Crippen molar-refractivity contribution in [3.8, 4) is 5.75 Å². The van der Waals surface area contributed by atoms with Crippen molar-refractivity contribution in [1.82, 2.24) is 0 Å². The Balaban J connectivity index is 2.46. The molecule has 0 aliphatic rings. The smallest absolute Gasteiger partial charge is 0.261 e. The number of nitrogen functional groups attached to an aromatic ring is 1. The van der Waals surface area contributed by atoms with E-state index in [1.165, 1.54) is 29.2 Å². The van der Waals surface area contributed by atoms with E-state index in [1.807, 2.05) is 0 Å². The molecule has 4 nitrogen and oxygen atoms in total. The average Bonchev–Trinajstić information content (AvgIpc) is 2.43. The molecule has 2 aromatic rings. The molecule has 1 amide bonds. The number of hydrogen-bond acceptors (Lipinski definition) is 3. The highest BCUT2D eigenvalue weighted by Gasteiger charge is 2.21. The van der Waals surface area contributed by atoms with Gasteiger partial charge >= 0.3 is 0 Å². The molecule has 0 atom stereocenters. The number of rotatable bonds is 3. The topological polar surface area (TPSA) is 66.6 Å². The van der Waals surface area contributed by atoms with Crippen molar-refractivity contribution in [1.29, 1.82) is 0 Å². The first-order chi connectivity index (χ1) is 9.93. The van der Waals surface area contributed by atoms with E-state index in [0.717, 1.165) is 0 Å². The predicted molar refractivity (Wildman–Crippen MR) is 81.0 cm³/mol. The molecule has 0 unspecified atom stereocenters. The number of aryl methyl sites for hydroxylation is 1. The minimum Gasteiger partial charge on any atom is -0.508 e. The molecule has 2 rings (SSSR count). The number of nitrogens with two attached hydrogens (primary N) is 1. The second-order valence-electron chi connectivity index (χ2n) is 4.77.